The Bertz CT molecular complexity index is 886. The zero-order chi connectivity index (χ0) is 16.3. The van der Waals surface area contributed by atoms with Crippen molar-refractivity contribution in [1.29, 1.82) is 5.26 Å². The molecule has 0 saturated heterocycles. The van der Waals surface area contributed by atoms with Crippen molar-refractivity contribution < 1.29 is 22.7 Å². The highest BCUT2D eigenvalue weighted by atomic mass is 32.2. The van der Waals surface area contributed by atoms with E-state index in [1.807, 2.05) is 0 Å². The second-order valence-electron chi connectivity index (χ2n) is 4.25. The first-order valence-electron chi connectivity index (χ1n) is 5.89. The number of sulfonamides is 1. The molecule has 22 heavy (non-hydrogen) atoms. The van der Waals surface area contributed by atoms with Crippen molar-refractivity contribution in [3.8, 4) is 17.4 Å². The molecule has 0 atom stereocenters. The van der Waals surface area contributed by atoms with Gasteiger partial charge in [0.15, 0.2) is 0 Å². The van der Waals surface area contributed by atoms with E-state index in [4.69, 9.17) is 19.9 Å². The van der Waals surface area contributed by atoms with Crippen LogP contribution in [0.3, 0.4) is 0 Å². The van der Waals surface area contributed by atoms with Crippen LogP contribution in [0.4, 0.5) is 0 Å². The monoisotopic (exact) mass is 318 g/mol. The molecule has 112 valence electrons. The van der Waals surface area contributed by atoms with Gasteiger partial charge in [0.05, 0.1) is 4.90 Å². The van der Waals surface area contributed by atoms with Gasteiger partial charge in [-0.3, -0.25) is 0 Å². The number of carbonyl (C=O) groups is 1. The number of carboxylic acid groups (broad SMARTS) is 1. The summed E-state index contributed by atoms with van der Waals surface area (Å²) < 4.78 is 27.7. The molecule has 0 aliphatic heterocycles. The van der Waals surface area contributed by atoms with Gasteiger partial charge in [-0.15, -0.1) is 0 Å². The van der Waals surface area contributed by atoms with Gasteiger partial charge in [0.25, 0.3) is 0 Å². The normalized spacial score (nSPS) is 11.9. The second kappa shape index (κ2) is 5.85. The van der Waals surface area contributed by atoms with Gasteiger partial charge >= 0.3 is 5.97 Å². The van der Waals surface area contributed by atoms with E-state index in [-0.39, 0.29) is 10.7 Å². The summed E-state index contributed by atoms with van der Waals surface area (Å²) in [5.74, 6) is -0.752. The number of nitrogens with two attached hydrogens (primary N) is 1. The van der Waals surface area contributed by atoms with Gasteiger partial charge in [-0.2, -0.15) is 5.26 Å². The van der Waals surface area contributed by atoms with Crippen LogP contribution in [0.1, 0.15) is 5.76 Å². The molecule has 1 aromatic carbocycles. The van der Waals surface area contributed by atoms with Crippen molar-refractivity contribution in [2.24, 2.45) is 5.14 Å². The first kappa shape index (κ1) is 15.5. The van der Waals surface area contributed by atoms with Crippen LogP contribution in [0.2, 0.25) is 0 Å². The van der Waals surface area contributed by atoms with E-state index in [9.17, 15) is 13.2 Å². The minimum Gasteiger partial charge on any atom is -0.477 e. The lowest BCUT2D eigenvalue weighted by molar-refractivity contribution is -0.132. The molecule has 7 nitrogen and oxygen atoms in total. The van der Waals surface area contributed by atoms with E-state index >= 15 is 0 Å². The SMILES string of the molecule is N#C/C(=C\c1ccc(-c2ccc(S(N)(=O)=O)cc2)o1)C(=O)O. The Hall–Kier alpha value is -2.89. The summed E-state index contributed by atoms with van der Waals surface area (Å²) in [6.45, 7) is 0. The number of rotatable bonds is 4. The first-order chi connectivity index (χ1) is 10.3. The van der Waals surface area contributed by atoms with Gasteiger partial charge < -0.3 is 9.52 Å². The fraction of sp³-hybridized carbons (Fsp3) is 0. The van der Waals surface area contributed by atoms with E-state index in [1.54, 1.807) is 12.1 Å². The second-order valence-corrected chi connectivity index (χ2v) is 5.81. The van der Waals surface area contributed by atoms with Crippen LogP contribution in [-0.2, 0) is 14.8 Å². The average molecular weight is 318 g/mol. The highest BCUT2D eigenvalue weighted by Gasteiger charge is 2.11. The molecule has 0 fully saturated rings. The molecule has 3 N–H and O–H groups in total. The molecule has 0 bridgehead atoms. The summed E-state index contributed by atoms with van der Waals surface area (Å²) in [5.41, 5.74) is 0.131. The van der Waals surface area contributed by atoms with Crippen LogP contribution in [0.5, 0.6) is 0 Å². The molecule has 0 unspecified atom stereocenters. The smallest absolute Gasteiger partial charge is 0.346 e. The highest BCUT2D eigenvalue weighted by molar-refractivity contribution is 7.89. The van der Waals surface area contributed by atoms with Crippen molar-refractivity contribution in [1.82, 2.24) is 0 Å². The lowest BCUT2D eigenvalue weighted by atomic mass is 10.2. The molecule has 0 saturated carbocycles. The largest absolute Gasteiger partial charge is 0.477 e. The van der Waals surface area contributed by atoms with Gasteiger partial charge in [0, 0.05) is 11.6 Å². The topological polar surface area (TPSA) is 134 Å². The molecular weight excluding hydrogens is 308 g/mol. The van der Waals surface area contributed by atoms with Gasteiger partial charge in [-0.1, -0.05) is 0 Å². The molecule has 0 amide bonds. The lowest BCUT2D eigenvalue weighted by Gasteiger charge is -2.00. The Kier molecular flexibility index (Phi) is 4.12. The Labute approximate surface area is 126 Å². The van der Waals surface area contributed by atoms with Crippen LogP contribution in [0.15, 0.2) is 51.3 Å². The number of aliphatic carboxylic acids is 1. The van der Waals surface area contributed by atoms with Crippen LogP contribution in [0, 0.1) is 11.3 Å². The van der Waals surface area contributed by atoms with Gasteiger partial charge in [-0.05, 0) is 36.4 Å². The minimum absolute atomic E-state index is 0.0273. The minimum atomic E-state index is -3.77. The zero-order valence-electron chi connectivity index (χ0n) is 11.1. The molecule has 8 heteroatoms. The molecule has 2 rings (SSSR count). The number of nitrogens with zero attached hydrogens (tertiary/aromatic N) is 1. The zero-order valence-corrected chi connectivity index (χ0v) is 11.9. The van der Waals surface area contributed by atoms with Crippen LogP contribution in [0.25, 0.3) is 17.4 Å². The lowest BCUT2D eigenvalue weighted by Crippen LogP contribution is -2.11. The van der Waals surface area contributed by atoms with E-state index in [0.717, 1.165) is 6.08 Å². The van der Waals surface area contributed by atoms with E-state index in [2.05, 4.69) is 0 Å². The highest BCUT2D eigenvalue weighted by Crippen LogP contribution is 2.24. The van der Waals surface area contributed by atoms with E-state index in [0.29, 0.717) is 11.3 Å². The first-order valence-corrected chi connectivity index (χ1v) is 7.44. The summed E-state index contributed by atoms with van der Waals surface area (Å²) in [7, 11) is -3.77. The van der Waals surface area contributed by atoms with E-state index < -0.39 is 21.6 Å². The molecular formula is C14H10N2O5S. The van der Waals surface area contributed by atoms with Crippen LogP contribution >= 0.6 is 0 Å². The Balaban J connectivity index is 2.33. The summed E-state index contributed by atoms with van der Waals surface area (Å²) in [4.78, 5) is 10.7. The predicted octanol–water partition coefficient (Wildman–Crippen LogP) is 1.59. The van der Waals surface area contributed by atoms with Crippen molar-refractivity contribution in [2.45, 2.75) is 4.90 Å². The third kappa shape index (κ3) is 3.41. The van der Waals surface area contributed by atoms with Crippen molar-refractivity contribution in [2.75, 3.05) is 0 Å². The maximum atomic E-state index is 11.2. The number of primary sulfonamides is 1. The number of hydrogen-bond donors (Lipinski definition) is 2. The van der Waals surface area contributed by atoms with Crippen LogP contribution < -0.4 is 5.14 Å². The van der Waals surface area contributed by atoms with Crippen molar-refractivity contribution in [3.63, 3.8) is 0 Å². The van der Waals surface area contributed by atoms with Gasteiger partial charge in [-0.25, -0.2) is 18.4 Å². The van der Waals surface area contributed by atoms with Crippen LogP contribution in [-0.4, -0.2) is 19.5 Å². The molecule has 0 spiro atoms. The Morgan fingerprint density at radius 1 is 1.23 bits per heavy atom. The summed E-state index contributed by atoms with van der Waals surface area (Å²) >= 11 is 0. The predicted molar refractivity (Wildman–Crippen MR) is 76.7 cm³/mol. The van der Waals surface area contributed by atoms with Crippen molar-refractivity contribution in [3.05, 3.63) is 47.7 Å². The molecule has 0 aliphatic rings. The third-order valence-corrected chi connectivity index (χ3v) is 3.66. The number of hydrogen-bond acceptors (Lipinski definition) is 5. The third-order valence-electron chi connectivity index (χ3n) is 2.73. The maximum absolute atomic E-state index is 11.2. The average Bonchev–Trinajstić information content (AvgIpc) is 2.92. The molecule has 2 aromatic rings. The number of nitriles is 1. The maximum Gasteiger partial charge on any atom is 0.346 e. The van der Waals surface area contributed by atoms with Crippen molar-refractivity contribution >= 4 is 22.1 Å². The quantitative estimate of drug-likeness (QED) is 0.649. The van der Waals surface area contributed by atoms with Gasteiger partial charge in [0.2, 0.25) is 10.0 Å². The Morgan fingerprint density at radius 2 is 1.86 bits per heavy atom. The number of carboxylic acids is 1. The molecule has 0 aliphatic carbocycles. The summed E-state index contributed by atoms with van der Waals surface area (Å²) in [5, 5.41) is 22.4. The fourth-order valence-electron chi connectivity index (χ4n) is 1.68. The standard InChI is InChI=1S/C14H10N2O5S/c15-8-10(14(17)18)7-11-3-6-13(21-11)9-1-4-12(5-2-9)22(16,19)20/h1-7H,(H,17,18)(H2,16,19,20)/b10-7+. The summed E-state index contributed by atoms with van der Waals surface area (Å²) in [6, 6.07) is 10.3. The number of furan rings is 1. The van der Waals surface area contributed by atoms with Gasteiger partial charge in [0.1, 0.15) is 23.2 Å². The fourth-order valence-corrected chi connectivity index (χ4v) is 2.19. The molecule has 1 aromatic heterocycles. The molecule has 0 radical (unpaired) electrons. The van der Waals surface area contributed by atoms with E-state index in [1.165, 1.54) is 30.3 Å². The number of benzene rings is 1. The Morgan fingerprint density at radius 3 is 2.36 bits per heavy atom. The summed E-state index contributed by atoms with van der Waals surface area (Å²) in [6.07, 6.45) is 1.10. The molecule has 1 heterocycles.